The predicted molar refractivity (Wildman–Crippen MR) is 73.5 cm³/mol. The van der Waals surface area contributed by atoms with E-state index in [0.717, 1.165) is 10.3 Å². The highest BCUT2D eigenvalue weighted by Gasteiger charge is 2.11. The molecule has 0 spiro atoms. The largest absolute Gasteiger partial charge is 0.323 e. The Morgan fingerprint density at radius 3 is 2.95 bits per heavy atom. The van der Waals surface area contributed by atoms with Crippen molar-refractivity contribution in [1.82, 2.24) is 19.5 Å². The monoisotopic (exact) mass is 340 g/mol. The molecule has 4 nitrogen and oxygen atoms in total. The van der Waals surface area contributed by atoms with E-state index in [2.05, 4.69) is 30.9 Å². The van der Waals surface area contributed by atoms with Gasteiger partial charge in [0.05, 0.1) is 17.6 Å². The third-order valence-electron chi connectivity index (χ3n) is 2.64. The third-order valence-corrected chi connectivity index (χ3v) is 3.27. The Labute approximate surface area is 121 Å². The molecule has 0 bridgehead atoms. The van der Waals surface area contributed by atoms with E-state index in [1.807, 2.05) is 18.2 Å². The van der Waals surface area contributed by atoms with Crippen LogP contribution in [0.4, 0.5) is 4.39 Å². The van der Waals surface area contributed by atoms with E-state index in [-0.39, 0.29) is 11.1 Å². The van der Waals surface area contributed by atoms with Crippen molar-refractivity contribution in [2.45, 2.75) is 6.54 Å². The summed E-state index contributed by atoms with van der Waals surface area (Å²) in [7, 11) is 0. The van der Waals surface area contributed by atoms with Crippen LogP contribution in [0, 0.1) is 5.82 Å². The Bertz CT molecular complexity index is 759. The molecule has 0 aromatic carbocycles. The first-order valence-electron chi connectivity index (χ1n) is 5.42. The molecule has 0 saturated carbocycles. The van der Waals surface area contributed by atoms with E-state index < -0.39 is 0 Å². The van der Waals surface area contributed by atoms with Gasteiger partial charge in [0.1, 0.15) is 10.3 Å². The summed E-state index contributed by atoms with van der Waals surface area (Å²) in [6, 6.07) is 5.56. The van der Waals surface area contributed by atoms with Crippen LogP contribution in [-0.4, -0.2) is 19.5 Å². The molecule has 3 aromatic heterocycles. The number of fused-ring (bicyclic) bond motifs is 1. The van der Waals surface area contributed by atoms with Gasteiger partial charge in [-0.3, -0.25) is 0 Å². The van der Waals surface area contributed by atoms with E-state index in [1.54, 1.807) is 4.57 Å². The standard InChI is InChI=1S/C12H7BrClFN4/c13-10-3-1-2-7(17-10)5-19-6-9(15)8-4-16-12(14)18-11(8)19/h1-4,6H,5H2. The molecule has 0 unspecified atom stereocenters. The summed E-state index contributed by atoms with van der Waals surface area (Å²) in [6.07, 6.45) is 2.75. The van der Waals surface area contributed by atoms with Crippen molar-refractivity contribution in [2.75, 3.05) is 0 Å². The summed E-state index contributed by atoms with van der Waals surface area (Å²) >= 11 is 9.05. The van der Waals surface area contributed by atoms with Crippen molar-refractivity contribution in [3.8, 4) is 0 Å². The zero-order valence-corrected chi connectivity index (χ0v) is 11.9. The maximum Gasteiger partial charge on any atom is 0.224 e. The fourth-order valence-electron chi connectivity index (χ4n) is 1.84. The number of hydrogen-bond donors (Lipinski definition) is 0. The summed E-state index contributed by atoms with van der Waals surface area (Å²) in [6.45, 7) is 0.410. The van der Waals surface area contributed by atoms with Crippen LogP contribution >= 0.6 is 27.5 Å². The lowest BCUT2D eigenvalue weighted by atomic mass is 10.3. The maximum atomic E-state index is 13.7. The van der Waals surface area contributed by atoms with Gasteiger partial charge in [-0.05, 0) is 39.7 Å². The molecule has 0 N–H and O–H groups in total. The van der Waals surface area contributed by atoms with E-state index in [1.165, 1.54) is 12.4 Å². The van der Waals surface area contributed by atoms with Crippen LogP contribution in [0.5, 0.6) is 0 Å². The molecule has 19 heavy (non-hydrogen) atoms. The van der Waals surface area contributed by atoms with Gasteiger partial charge in [0.2, 0.25) is 5.28 Å². The first kappa shape index (κ1) is 12.5. The zero-order chi connectivity index (χ0) is 13.4. The van der Waals surface area contributed by atoms with Crippen LogP contribution in [0.15, 0.2) is 35.2 Å². The first-order valence-corrected chi connectivity index (χ1v) is 6.59. The highest BCUT2D eigenvalue weighted by molar-refractivity contribution is 9.10. The zero-order valence-electron chi connectivity index (χ0n) is 9.52. The molecule has 0 aliphatic heterocycles. The number of halogens is 3. The van der Waals surface area contributed by atoms with Crippen LogP contribution in [0.1, 0.15) is 5.69 Å². The van der Waals surface area contributed by atoms with Gasteiger partial charge >= 0.3 is 0 Å². The fourth-order valence-corrected chi connectivity index (χ4v) is 2.35. The van der Waals surface area contributed by atoms with Crippen molar-refractivity contribution in [3.63, 3.8) is 0 Å². The molecule has 0 fully saturated rings. The molecule has 0 aliphatic rings. The first-order chi connectivity index (χ1) is 9.13. The van der Waals surface area contributed by atoms with E-state index in [0.29, 0.717) is 17.6 Å². The average Bonchev–Trinajstić information content (AvgIpc) is 2.66. The molecule has 0 atom stereocenters. The summed E-state index contributed by atoms with van der Waals surface area (Å²) < 4.78 is 16.1. The lowest BCUT2D eigenvalue weighted by molar-refractivity contribution is 0.628. The van der Waals surface area contributed by atoms with E-state index >= 15 is 0 Å². The quantitative estimate of drug-likeness (QED) is 0.530. The van der Waals surface area contributed by atoms with Gasteiger partial charge in [-0.15, -0.1) is 0 Å². The second kappa shape index (κ2) is 4.86. The van der Waals surface area contributed by atoms with Crippen LogP contribution in [-0.2, 0) is 6.54 Å². The second-order valence-corrected chi connectivity index (χ2v) is 5.08. The van der Waals surface area contributed by atoms with Crippen LogP contribution in [0.2, 0.25) is 5.28 Å². The molecule has 3 heterocycles. The molecule has 0 amide bonds. The van der Waals surface area contributed by atoms with Crippen molar-refractivity contribution < 1.29 is 4.39 Å². The molecule has 3 aromatic rings. The number of aromatic nitrogens is 4. The van der Waals surface area contributed by atoms with Crippen LogP contribution in [0.3, 0.4) is 0 Å². The Balaban J connectivity index is 2.08. The summed E-state index contributed by atoms with van der Waals surface area (Å²) in [5, 5.41) is 0.438. The normalized spacial score (nSPS) is 11.1. The lowest BCUT2D eigenvalue weighted by Crippen LogP contribution is -2.01. The van der Waals surface area contributed by atoms with Crippen LogP contribution in [0.25, 0.3) is 11.0 Å². The topological polar surface area (TPSA) is 43.6 Å². The minimum absolute atomic E-state index is 0.0917. The van der Waals surface area contributed by atoms with Gasteiger partial charge in [0.15, 0.2) is 5.82 Å². The fraction of sp³-hybridized carbons (Fsp3) is 0.0833. The second-order valence-electron chi connectivity index (χ2n) is 3.93. The molecule has 0 radical (unpaired) electrons. The van der Waals surface area contributed by atoms with Gasteiger partial charge in [0, 0.05) is 12.4 Å². The SMILES string of the molecule is Fc1cn(Cc2cccc(Br)n2)c2nc(Cl)ncc12. The minimum atomic E-state index is -0.373. The number of hydrogen-bond acceptors (Lipinski definition) is 3. The molecule has 7 heteroatoms. The highest BCUT2D eigenvalue weighted by Crippen LogP contribution is 2.20. The Hall–Kier alpha value is -1.53. The Morgan fingerprint density at radius 1 is 1.32 bits per heavy atom. The minimum Gasteiger partial charge on any atom is -0.323 e. The summed E-state index contributed by atoms with van der Waals surface area (Å²) in [5.74, 6) is -0.373. The number of pyridine rings is 1. The van der Waals surface area contributed by atoms with Crippen LogP contribution < -0.4 is 0 Å². The van der Waals surface area contributed by atoms with Crippen molar-refractivity contribution in [3.05, 3.63) is 52.0 Å². The third kappa shape index (κ3) is 2.46. The van der Waals surface area contributed by atoms with E-state index in [4.69, 9.17) is 11.6 Å². The molecule has 96 valence electrons. The predicted octanol–water partition coefficient (Wildman–Crippen LogP) is 3.43. The van der Waals surface area contributed by atoms with Gasteiger partial charge < -0.3 is 4.57 Å². The molecule has 3 rings (SSSR count). The van der Waals surface area contributed by atoms with Gasteiger partial charge in [-0.25, -0.2) is 14.4 Å². The molecule has 0 saturated heterocycles. The maximum absolute atomic E-state index is 13.7. The van der Waals surface area contributed by atoms with Gasteiger partial charge in [-0.1, -0.05) is 6.07 Å². The summed E-state index contributed by atoms with van der Waals surface area (Å²) in [4.78, 5) is 12.1. The van der Waals surface area contributed by atoms with Crippen molar-refractivity contribution in [2.24, 2.45) is 0 Å². The van der Waals surface area contributed by atoms with Crippen molar-refractivity contribution in [1.29, 1.82) is 0 Å². The Morgan fingerprint density at radius 2 is 2.16 bits per heavy atom. The molecular formula is C12H7BrClFN4. The van der Waals surface area contributed by atoms with E-state index in [9.17, 15) is 4.39 Å². The smallest absolute Gasteiger partial charge is 0.224 e. The molecular weight excluding hydrogens is 335 g/mol. The number of nitrogens with zero attached hydrogens (tertiary/aromatic N) is 4. The molecule has 0 aliphatic carbocycles. The van der Waals surface area contributed by atoms with Gasteiger partial charge in [-0.2, -0.15) is 4.98 Å². The Kier molecular flexibility index (Phi) is 3.20. The highest BCUT2D eigenvalue weighted by atomic mass is 79.9. The van der Waals surface area contributed by atoms with Gasteiger partial charge in [0.25, 0.3) is 0 Å². The number of rotatable bonds is 2. The average molecular weight is 342 g/mol. The van der Waals surface area contributed by atoms with Crippen molar-refractivity contribution >= 4 is 38.6 Å². The lowest BCUT2D eigenvalue weighted by Gasteiger charge is -2.04. The summed E-state index contributed by atoms with van der Waals surface area (Å²) in [5.41, 5.74) is 1.25.